The molecule has 0 bridgehead atoms. The Morgan fingerprint density at radius 3 is 2.12 bits per heavy atom. The van der Waals surface area contributed by atoms with Crippen LogP contribution in [0.4, 0.5) is 5.69 Å². The molecular weight excluding hydrogens is 622 g/mol. The molecule has 0 aliphatic carbocycles. The van der Waals surface area contributed by atoms with E-state index in [-0.39, 0.29) is 25.4 Å². The van der Waals surface area contributed by atoms with Crippen LogP contribution in [0.15, 0.2) is 60.7 Å². The monoisotopic (exact) mass is 673 g/mol. The van der Waals surface area contributed by atoms with Gasteiger partial charge >= 0.3 is 11.9 Å². The van der Waals surface area contributed by atoms with Gasteiger partial charge in [0.05, 0.1) is 13.2 Å². The van der Waals surface area contributed by atoms with Crippen molar-refractivity contribution in [2.75, 3.05) is 65.4 Å². The Hall–Kier alpha value is -4.57. The van der Waals surface area contributed by atoms with Gasteiger partial charge in [-0.1, -0.05) is 37.1 Å². The number of hydrogen-bond donors (Lipinski definition) is 2. The van der Waals surface area contributed by atoms with Gasteiger partial charge < -0.3 is 34.4 Å². The van der Waals surface area contributed by atoms with Crippen molar-refractivity contribution in [3.8, 4) is 22.6 Å². The summed E-state index contributed by atoms with van der Waals surface area (Å²) in [6.45, 7) is 3.94. The second kappa shape index (κ2) is 18.8. The molecule has 10 nitrogen and oxygen atoms in total. The van der Waals surface area contributed by atoms with Crippen molar-refractivity contribution in [2.24, 2.45) is 0 Å². The van der Waals surface area contributed by atoms with Crippen LogP contribution in [-0.2, 0) is 22.4 Å². The fraction of sp³-hybridized carbons (Fsp3) is 0.462. The number of rotatable bonds is 19. The zero-order valence-corrected chi connectivity index (χ0v) is 29.2. The van der Waals surface area contributed by atoms with Crippen molar-refractivity contribution in [1.29, 1.82) is 0 Å². The van der Waals surface area contributed by atoms with Crippen LogP contribution < -0.4 is 14.4 Å². The summed E-state index contributed by atoms with van der Waals surface area (Å²) in [6.07, 6.45) is 5.34. The van der Waals surface area contributed by atoms with E-state index in [9.17, 15) is 19.5 Å². The molecule has 1 aliphatic rings. The van der Waals surface area contributed by atoms with Crippen LogP contribution in [0.1, 0.15) is 66.4 Å². The minimum Gasteiger partial charge on any atom is -0.494 e. The second-order valence-corrected chi connectivity index (χ2v) is 12.9. The highest BCUT2D eigenvalue weighted by Crippen LogP contribution is 2.30. The first-order chi connectivity index (χ1) is 23.6. The highest BCUT2D eigenvalue weighted by Gasteiger charge is 2.22. The molecule has 0 radical (unpaired) electrons. The van der Waals surface area contributed by atoms with Crippen molar-refractivity contribution >= 4 is 23.5 Å². The number of carboxylic acids is 2. The van der Waals surface area contributed by atoms with Crippen LogP contribution in [0, 0.1) is 0 Å². The van der Waals surface area contributed by atoms with Crippen molar-refractivity contribution in [3.05, 3.63) is 77.4 Å². The van der Waals surface area contributed by atoms with Crippen LogP contribution in [0.25, 0.3) is 11.1 Å². The summed E-state index contributed by atoms with van der Waals surface area (Å²) in [5.74, 6) is -0.374. The Morgan fingerprint density at radius 2 is 1.43 bits per heavy atom. The number of benzene rings is 3. The van der Waals surface area contributed by atoms with E-state index in [0.29, 0.717) is 49.6 Å². The van der Waals surface area contributed by atoms with Gasteiger partial charge in [-0.05, 0) is 97.8 Å². The number of aryl methyl sites for hydroxylation is 1. The van der Waals surface area contributed by atoms with Crippen molar-refractivity contribution < 1.29 is 34.1 Å². The molecule has 4 rings (SSSR count). The van der Waals surface area contributed by atoms with E-state index in [1.165, 1.54) is 0 Å². The zero-order chi connectivity index (χ0) is 35.2. The number of piperazine rings is 1. The van der Waals surface area contributed by atoms with E-state index in [0.717, 1.165) is 73.1 Å². The molecule has 0 aromatic heterocycles. The summed E-state index contributed by atoms with van der Waals surface area (Å²) in [7, 11) is 6.10. The van der Waals surface area contributed by atoms with Crippen LogP contribution in [-0.4, -0.2) is 98.4 Å². The SMILES string of the molecule is CN1CCN(C(=O)c2cc(OCCCCCCc3cccc(OCCCC(=O)O)c3CCC(=O)O)cc(-c3ccc(N(C)C)cc3)c2)CC1. The lowest BCUT2D eigenvalue weighted by Crippen LogP contribution is -2.47. The number of amides is 1. The number of carboxylic acid groups (broad SMARTS) is 2. The minimum absolute atomic E-state index is 0.00508. The van der Waals surface area contributed by atoms with Gasteiger partial charge in [-0.2, -0.15) is 0 Å². The van der Waals surface area contributed by atoms with Gasteiger partial charge in [0.25, 0.3) is 5.91 Å². The maximum absolute atomic E-state index is 13.5. The number of likely N-dealkylation sites (N-methyl/N-ethyl adjacent to an activating group) is 1. The lowest BCUT2D eigenvalue weighted by Gasteiger charge is -2.32. The van der Waals surface area contributed by atoms with Gasteiger partial charge in [-0.25, -0.2) is 0 Å². The molecule has 0 spiro atoms. The van der Waals surface area contributed by atoms with Gasteiger partial charge in [0.2, 0.25) is 0 Å². The molecule has 1 heterocycles. The van der Waals surface area contributed by atoms with Crippen LogP contribution in [0.2, 0.25) is 0 Å². The molecule has 2 N–H and O–H groups in total. The average molecular weight is 674 g/mol. The molecule has 0 unspecified atom stereocenters. The first-order valence-electron chi connectivity index (χ1n) is 17.3. The smallest absolute Gasteiger partial charge is 0.303 e. The first kappa shape index (κ1) is 37.3. The van der Waals surface area contributed by atoms with Crippen molar-refractivity contribution in [2.45, 2.75) is 57.8 Å². The summed E-state index contributed by atoms with van der Waals surface area (Å²) in [4.78, 5) is 41.9. The van der Waals surface area contributed by atoms with Gasteiger partial charge in [-0.15, -0.1) is 0 Å². The number of unbranched alkanes of at least 4 members (excludes halogenated alkanes) is 3. The number of hydrogen-bond acceptors (Lipinski definition) is 7. The zero-order valence-electron chi connectivity index (χ0n) is 29.2. The Labute approximate surface area is 290 Å². The molecule has 10 heteroatoms. The molecule has 1 aliphatic heterocycles. The van der Waals surface area contributed by atoms with E-state index in [1.54, 1.807) is 0 Å². The van der Waals surface area contributed by atoms with E-state index in [2.05, 4.69) is 41.1 Å². The number of carbonyl (C=O) groups excluding carboxylic acids is 1. The van der Waals surface area contributed by atoms with Gasteiger partial charge in [-0.3, -0.25) is 14.4 Å². The largest absolute Gasteiger partial charge is 0.494 e. The molecule has 264 valence electrons. The summed E-state index contributed by atoms with van der Waals surface area (Å²) >= 11 is 0. The fourth-order valence-corrected chi connectivity index (χ4v) is 5.98. The normalized spacial score (nSPS) is 13.2. The lowest BCUT2D eigenvalue weighted by molar-refractivity contribution is -0.138. The van der Waals surface area contributed by atoms with Gasteiger partial charge in [0.15, 0.2) is 0 Å². The molecule has 3 aromatic rings. The fourth-order valence-electron chi connectivity index (χ4n) is 5.98. The molecule has 3 aromatic carbocycles. The predicted molar refractivity (Wildman–Crippen MR) is 192 cm³/mol. The second-order valence-electron chi connectivity index (χ2n) is 12.9. The Morgan fingerprint density at radius 1 is 0.735 bits per heavy atom. The Bertz CT molecular complexity index is 1530. The summed E-state index contributed by atoms with van der Waals surface area (Å²) < 4.78 is 12.1. The Kier molecular flexibility index (Phi) is 14.3. The van der Waals surface area contributed by atoms with Crippen LogP contribution >= 0.6 is 0 Å². The Balaban J connectivity index is 1.34. The van der Waals surface area contributed by atoms with E-state index in [4.69, 9.17) is 14.6 Å². The van der Waals surface area contributed by atoms with Crippen molar-refractivity contribution in [1.82, 2.24) is 9.80 Å². The average Bonchev–Trinajstić information content (AvgIpc) is 3.09. The maximum atomic E-state index is 13.5. The van der Waals surface area contributed by atoms with Crippen molar-refractivity contribution in [3.63, 3.8) is 0 Å². The molecule has 1 fully saturated rings. The third kappa shape index (κ3) is 11.8. The quantitative estimate of drug-likeness (QED) is 0.142. The lowest BCUT2D eigenvalue weighted by atomic mass is 9.97. The van der Waals surface area contributed by atoms with Gasteiger partial charge in [0.1, 0.15) is 11.5 Å². The number of nitrogens with zero attached hydrogens (tertiary/aromatic N) is 3. The number of carbonyl (C=O) groups is 3. The van der Waals surface area contributed by atoms with E-state index in [1.807, 2.05) is 55.4 Å². The number of aliphatic carboxylic acids is 2. The molecule has 0 atom stereocenters. The summed E-state index contributed by atoms with van der Waals surface area (Å²) in [5.41, 5.74) is 5.69. The van der Waals surface area contributed by atoms with E-state index < -0.39 is 11.9 Å². The first-order valence-corrected chi connectivity index (χ1v) is 17.3. The third-order valence-corrected chi connectivity index (χ3v) is 8.88. The minimum atomic E-state index is -0.866. The molecule has 1 saturated heterocycles. The third-order valence-electron chi connectivity index (χ3n) is 8.88. The molecular formula is C39H51N3O7. The van der Waals surface area contributed by atoms with Crippen LogP contribution in [0.5, 0.6) is 11.5 Å². The molecule has 1 amide bonds. The molecule has 49 heavy (non-hydrogen) atoms. The maximum Gasteiger partial charge on any atom is 0.303 e. The topological polar surface area (TPSA) is 120 Å². The highest BCUT2D eigenvalue weighted by atomic mass is 16.5. The highest BCUT2D eigenvalue weighted by molar-refractivity contribution is 5.96. The predicted octanol–water partition coefficient (Wildman–Crippen LogP) is 6.25. The standard InChI is InChI=1S/C39H51N3O7/c1-40(2)33-16-14-29(15-17-33)31-26-32(39(47)42-22-20-41(3)21-23-42)28-34(27-31)48-24-7-5-4-6-10-30-11-8-12-36(35(30)18-19-38(45)46)49-25-9-13-37(43)44/h8,11-12,14-17,26-28H,4-7,9-10,13,18-25H2,1-3H3,(H,43,44)(H,45,46). The number of ether oxygens (including phenoxy) is 2. The summed E-state index contributed by atoms with van der Waals surface area (Å²) in [6, 6.07) is 19.9. The molecule has 0 saturated carbocycles. The van der Waals surface area contributed by atoms with Crippen LogP contribution in [0.3, 0.4) is 0 Å². The number of anilines is 1. The summed E-state index contributed by atoms with van der Waals surface area (Å²) in [5, 5.41) is 18.2. The van der Waals surface area contributed by atoms with E-state index >= 15 is 0 Å². The van der Waals surface area contributed by atoms with Gasteiger partial charge in [0, 0.05) is 64.4 Å².